The van der Waals surface area contributed by atoms with Crippen molar-refractivity contribution in [1.82, 2.24) is 19.3 Å². The number of pyridine rings is 2. The first kappa shape index (κ1) is 28.9. The normalized spacial score (nSPS) is 14.3. The Bertz CT molecular complexity index is 2260. The van der Waals surface area contributed by atoms with Gasteiger partial charge in [0.15, 0.2) is 5.69 Å². The van der Waals surface area contributed by atoms with E-state index in [0.29, 0.717) is 28.7 Å². The van der Waals surface area contributed by atoms with E-state index in [1.807, 2.05) is 6.07 Å². The lowest BCUT2D eigenvalue weighted by molar-refractivity contribution is -0.0618. The lowest BCUT2D eigenvalue weighted by atomic mass is 10.1. The zero-order chi connectivity index (χ0) is 31.9. The van der Waals surface area contributed by atoms with Crippen molar-refractivity contribution in [1.29, 1.82) is 5.26 Å². The fourth-order valence-electron chi connectivity index (χ4n) is 5.48. The molecule has 1 N–H and O–H groups in total. The van der Waals surface area contributed by atoms with Crippen LogP contribution in [-0.2, 0) is 24.4 Å². The van der Waals surface area contributed by atoms with E-state index in [2.05, 4.69) is 9.97 Å². The fraction of sp³-hybridized carbons (Fsp3) is 0.182. The number of rotatable bonds is 9. The van der Waals surface area contributed by atoms with Crippen molar-refractivity contribution in [2.75, 3.05) is 6.61 Å². The number of ether oxygens (including phenoxy) is 2. The van der Waals surface area contributed by atoms with E-state index in [1.54, 1.807) is 22.9 Å². The number of carboxylic acids is 1. The standard InChI is InChI=1S/C33H23F2N5O6/c34-25-12-24(27-2-1-3-30(38-27)46-17-20-14-37-28(13-36)22-7-9-45-31(20)22)26(35)10-19(25)15-40-32(41)23-5-4-18(33(42)43)11-29(23)39(40)16-21-6-8-44-21/h1-5,7,9-12,14,21H,6,8,15-17H2,(H,42,43)/t21-/m0/s1. The fourth-order valence-corrected chi connectivity index (χ4v) is 5.48. The summed E-state index contributed by atoms with van der Waals surface area (Å²) in [5.74, 6) is -2.54. The average molecular weight is 624 g/mol. The van der Waals surface area contributed by atoms with Gasteiger partial charge in [-0.2, -0.15) is 5.26 Å². The number of nitriles is 1. The maximum Gasteiger partial charge on any atom is 0.335 e. The first-order valence-electron chi connectivity index (χ1n) is 14.2. The smallest absolute Gasteiger partial charge is 0.335 e. The average Bonchev–Trinajstić information content (AvgIpc) is 3.63. The number of aromatic carboxylic acids is 1. The Morgan fingerprint density at radius 1 is 1.09 bits per heavy atom. The van der Waals surface area contributed by atoms with Gasteiger partial charge in [0, 0.05) is 30.0 Å². The van der Waals surface area contributed by atoms with Gasteiger partial charge in [-0.1, -0.05) is 6.07 Å². The highest BCUT2D eigenvalue weighted by atomic mass is 19.1. The van der Waals surface area contributed by atoms with Gasteiger partial charge in [-0.05, 0) is 48.9 Å². The predicted molar refractivity (Wildman–Crippen MR) is 159 cm³/mol. The number of carbonyl (C=O) groups is 1. The third kappa shape index (κ3) is 5.14. The van der Waals surface area contributed by atoms with Crippen molar-refractivity contribution in [3.63, 3.8) is 0 Å². The Labute approximate surface area is 258 Å². The number of halogens is 2. The molecular formula is C33H23F2N5O6. The second-order valence-electron chi connectivity index (χ2n) is 10.7. The molecule has 0 aliphatic carbocycles. The number of fused-ring (bicyclic) bond motifs is 2. The summed E-state index contributed by atoms with van der Waals surface area (Å²) >= 11 is 0. The molecule has 0 radical (unpaired) electrons. The van der Waals surface area contributed by atoms with Crippen LogP contribution in [0.25, 0.3) is 33.1 Å². The van der Waals surface area contributed by atoms with Crippen LogP contribution in [0.5, 0.6) is 5.88 Å². The highest BCUT2D eigenvalue weighted by molar-refractivity contribution is 5.93. The van der Waals surface area contributed by atoms with E-state index in [-0.39, 0.29) is 65.1 Å². The van der Waals surface area contributed by atoms with E-state index in [9.17, 15) is 20.0 Å². The van der Waals surface area contributed by atoms with Crippen LogP contribution in [-0.4, -0.2) is 43.1 Å². The van der Waals surface area contributed by atoms with Crippen molar-refractivity contribution in [3.8, 4) is 23.2 Å². The van der Waals surface area contributed by atoms with Crippen molar-refractivity contribution >= 4 is 27.8 Å². The molecule has 0 spiro atoms. The Morgan fingerprint density at radius 2 is 1.93 bits per heavy atom. The topological polar surface area (TPSA) is 145 Å². The van der Waals surface area contributed by atoms with Crippen LogP contribution in [0.4, 0.5) is 8.78 Å². The SMILES string of the molecule is N#Cc1ncc(COc2cccc(-c3cc(F)c(Cn4c(=O)c5ccc(C(=O)O)cc5n4C[C@@H]4CCO4)cc3F)n2)c2occc12. The summed E-state index contributed by atoms with van der Waals surface area (Å²) in [4.78, 5) is 33.5. The first-order valence-corrected chi connectivity index (χ1v) is 14.2. The molecule has 0 saturated carbocycles. The molecule has 7 rings (SSSR count). The summed E-state index contributed by atoms with van der Waals surface area (Å²) in [7, 11) is 0. The Kier molecular flexibility index (Phi) is 7.26. The van der Waals surface area contributed by atoms with Gasteiger partial charge < -0.3 is 19.0 Å². The molecule has 1 aliphatic heterocycles. The third-order valence-corrected chi connectivity index (χ3v) is 7.95. The summed E-state index contributed by atoms with van der Waals surface area (Å²) in [5, 5.41) is 19.5. The predicted octanol–water partition coefficient (Wildman–Crippen LogP) is 5.27. The summed E-state index contributed by atoms with van der Waals surface area (Å²) in [6, 6.07) is 14.5. The summed E-state index contributed by atoms with van der Waals surface area (Å²) < 4.78 is 50.8. The molecule has 1 fully saturated rings. The van der Waals surface area contributed by atoms with Crippen LogP contribution in [0.15, 0.2) is 76.3 Å². The third-order valence-electron chi connectivity index (χ3n) is 7.95. The Balaban J connectivity index is 1.17. The van der Waals surface area contributed by atoms with E-state index < -0.39 is 23.2 Å². The van der Waals surface area contributed by atoms with Gasteiger partial charge in [-0.25, -0.2) is 28.2 Å². The van der Waals surface area contributed by atoms with Crippen molar-refractivity contribution in [3.05, 3.63) is 111 Å². The Hall–Kier alpha value is -5.87. The highest BCUT2D eigenvalue weighted by Gasteiger charge is 2.24. The molecule has 46 heavy (non-hydrogen) atoms. The van der Waals surface area contributed by atoms with E-state index >= 15 is 8.78 Å². The lowest BCUT2D eigenvalue weighted by Crippen LogP contribution is -2.35. The van der Waals surface area contributed by atoms with Gasteiger partial charge in [0.25, 0.3) is 5.56 Å². The molecule has 0 unspecified atom stereocenters. The maximum atomic E-state index is 15.6. The van der Waals surface area contributed by atoms with Crippen molar-refractivity contribution in [2.24, 2.45) is 0 Å². The Morgan fingerprint density at radius 3 is 2.70 bits per heavy atom. The molecule has 1 saturated heterocycles. The molecule has 6 aromatic rings. The number of nitrogens with zero attached hydrogens (tertiary/aromatic N) is 5. The van der Waals surface area contributed by atoms with Crippen LogP contribution >= 0.6 is 0 Å². The lowest BCUT2D eigenvalue weighted by Gasteiger charge is -2.28. The second kappa shape index (κ2) is 11.6. The minimum Gasteiger partial charge on any atom is -0.478 e. The number of furan rings is 1. The first-order chi connectivity index (χ1) is 22.3. The van der Waals surface area contributed by atoms with Gasteiger partial charge in [-0.3, -0.25) is 9.48 Å². The minimum absolute atomic E-state index is 0.00242. The minimum atomic E-state index is -1.15. The van der Waals surface area contributed by atoms with Crippen molar-refractivity contribution < 1.29 is 32.6 Å². The molecule has 0 amide bonds. The van der Waals surface area contributed by atoms with Crippen LogP contribution in [0.1, 0.15) is 33.6 Å². The van der Waals surface area contributed by atoms with Gasteiger partial charge in [0.05, 0.1) is 58.6 Å². The van der Waals surface area contributed by atoms with Gasteiger partial charge in [-0.15, -0.1) is 0 Å². The van der Waals surface area contributed by atoms with Gasteiger partial charge >= 0.3 is 5.97 Å². The summed E-state index contributed by atoms with van der Waals surface area (Å²) in [5.41, 5.74) is 1.07. The second-order valence-corrected chi connectivity index (χ2v) is 10.7. The largest absolute Gasteiger partial charge is 0.478 e. The molecule has 2 aromatic carbocycles. The number of carboxylic acid groups (broad SMARTS) is 1. The highest BCUT2D eigenvalue weighted by Crippen LogP contribution is 2.28. The van der Waals surface area contributed by atoms with Crippen LogP contribution < -0.4 is 10.3 Å². The number of benzene rings is 2. The molecule has 1 aliphatic rings. The monoisotopic (exact) mass is 623 g/mol. The zero-order valence-corrected chi connectivity index (χ0v) is 23.9. The van der Waals surface area contributed by atoms with Crippen molar-refractivity contribution in [2.45, 2.75) is 32.2 Å². The van der Waals surface area contributed by atoms with Crippen LogP contribution in [0.2, 0.25) is 0 Å². The maximum absolute atomic E-state index is 15.6. The molecule has 1 atom stereocenters. The molecule has 13 heteroatoms. The number of hydrogen-bond acceptors (Lipinski definition) is 8. The zero-order valence-electron chi connectivity index (χ0n) is 23.9. The van der Waals surface area contributed by atoms with Gasteiger partial charge in [0.1, 0.15) is 29.9 Å². The van der Waals surface area contributed by atoms with Gasteiger partial charge in [0.2, 0.25) is 5.88 Å². The summed E-state index contributed by atoms with van der Waals surface area (Å²) in [6.45, 7) is 0.501. The summed E-state index contributed by atoms with van der Waals surface area (Å²) in [6.07, 6.45) is 3.47. The van der Waals surface area contributed by atoms with E-state index in [1.165, 1.54) is 41.4 Å². The molecule has 0 bridgehead atoms. The molecule has 230 valence electrons. The van der Waals surface area contributed by atoms with E-state index in [0.717, 1.165) is 18.6 Å². The van der Waals surface area contributed by atoms with Crippen LogP contribution in [0.3, 0.4) is 0 Å². The quantitative estimate of drug-likeness (QED) is 0.228. The number of aromatic nitrogens is 4. The number of hydrogen-bond donors (Lipinski definition) is 1. The molecule has 5 heterocycles. The van der Waals surface area contributed by atoms with Crippen LogP contribution in [0, 0.1) is 23.0 Å². The molecular weight excluding hydrogens is 600 g/mol. The van der Waals surface area contributed by atoms with E-state index in [4.69, 9.17) is 13.9 Å². The molecule has 11 nitrogen and oxygen atoms in total. The molecule has 4 aromatic heterocycles.